The molecule has 0 radical (unpaired) electrons. The molecular weight excluding hydrogens is 222 g/mol. The first-order valence-corrected chi connectivity index (χ1v) is 5.52. The number of benzene rings is 1. The number of nitrogens with one attached hydrogen (secondary N) is 1. The Morgan fingerprint density at radius 3 is 2.81 bits per heavy atom. The lowest BCUT2D eigenvalue weighted by Gasteiger charge is -2.03. The second-order valence-corrected chi connectivity index (χ2v) is 4.06. The summed E-state index contributed by atoms with van der Waals surface area (Å²) < 4.78 is 1.86. The Kier molecular flexibility index (Phi) is 3.27. The summed E-state index contributed by atoms with van der Waals surface area (Å²) >= 11 is 6.16. The molecular formula is C12H14ClN3. The zero-order chi connectivity index (χ0) is 11.5. The first-order chi connectivity index (χ1) is 7.72. The van der Waals surface area contributed by atoms with Gasteiger partial charge in [-0.25, -0.2) is 0 Å². The van der Waals surface area contributed by atoms with Crippen molar-refractivity contribution in [2.24, 2.45) is 7.05 Å². The molecule has 3 nitrogen and oxygen atoms in total. The van der Waals surface area contributed by atoms with Gasteiger partial charge in [-0.05, 0) is 19.2 Å². The molecule has 0 bridgehead atoms. The standard InChI is InChI=1S/C12H14ClN3/c1-14-8-9-7-12(16(2)15-9)10-5-3-4-6-11(10)13/h3-7,14H,8H2,1-2H3. The molecule has 0 aliphatic heterocycles. The van der Waals surface area contributed by atoms with Crippen LogP contribution < -0.4 is 5.32 Å². The van der Waals surface area contributed by atoms with Gasteiger partial charge in [0.1, 0.15) is 0 Å². The Balaban J connectivity index is 2.44. The smallest absolute Gasteiger partial charge is 0.0768 e. The van der Waals surface area contributed by atoms with E-state index in [2.05, 4.69) is 16.5 Å². The summed E-state index contributed by atoms with van der Waals surface area (Å²) in [5.74, 6) is 0. The molecule has 0 aliphatic carbocycles. The first-order valence-electron chi connectivity index (χ1n) is 5.15. The van der Waals surface area contributed by atoms with E-state index in [1.54, 1.807) is 0 Å². The zero-order valence-electron chi connectivity index (χ0n) is 9.37. The summed E-state index contributed by atoms with van der Waals surface area (Å²) in [5, 5.41) is 8.25. The summed E-state index contributed by atoms with van der Waals surface area (Å²) in [7, 11) is 3.83. The molecule has 1 aromatic heterocycles. The molecule has 84 valence electrons. The van der Waals surface area contributed by atoms with Crippen LogP contribution in [0.4, 0.5) is 0 Å². The van der Waals surface area contributed by atoms with Crippen molar-refractivity contribution in [2.75, 3.05) is 7.05 Å². The summed E-state index contributed by atoms with van der Waals surface area (Å²) in [6.45, 7) is 0.762. The molecule has 0 amide bonds. The van der Waals surface area contributed by atoms with Gasteiger partial charge in [-0.2, -0.15) is 5.10 Å². The van der Waals surface area contributed by atoms with Gasteiger partial charge in [-0.15, -0.1) is 0 Å². The number of aryl methyl sites for hydroxylation is 1. The van der Waals surface area contributed by atoms with Gasteiger partial charge in [-0.3, -0.25) is 4.68 Å². The van der Waals surface area contributed by atoms with Crippen LogP contribution in [0.5, 0.6) is 0 Å². The number of rotatable bonds is 3. The summed E-state index contributed by atoms with van der Waals surface area (Å²) in [6.07, 6.45) is 0. The van der Waals surface area contributed by atoms with E-state index >= 15 is 0 Å². The number of aromatic nitrogens is 2. The van der Waals surface area contributed by atoms with Crippen molar-refractivity contribution >= 4 is 11.6 Å². The van der Waals surface area contributed by atoms with E-state index in [4.69, 9.17) is 11.6 Å². The van der Waals surface area contributed by atoms with Gasteiger partial charge in [0.25, 0.3) is 0 Å². The quantitative estimate of drug-likeness (QED) is 0.886. The Morgan fingerprint density at radius 1 is 1.38 bits per heavy atom. The topological polar surface area (TPSA) is 29.9 Å². The second-order valence-electron chi connectivity index (χ2n) is 3.65. The monoisotopic (exact) mass is 235 g/mol. The Morgan fingerprint density at radius 2 is 2.12 bits per heavy atom. The molecule has 0 atom stereocenters. The van der Waals surface area contributed by atoms with Crippen molar-refractivity contribution in [3.05, 3.63) is 41.0 Å². The highest BCUT2D eigenvalue weighted by molar-refractivity contribution is 6.33. The van der Waals surface area contributed by atoms with Crippen LogP contribution in [-0.4, -0.2) is 16.8 Å². The predicted molar refractivity (Wildman–Crippen MR) is 66.4 cm³/mol. The van der Waals surface area contributed by atoms with Gasteiger partial charge in [-0.1, -0.05) is 29.8 Å². The number of hydrogen-bond donors (Lipinski definition) is 1. The molecule has 2 rings (SSSR count). The van der Waals surface area contributed by atoms with Crippen molar-refractivity contribution in [1.29, 1.82) is 0 Å². The molecule has 0 fully saturated rings. The van der Waals surface area contributed by atoms with E-state index in [1.165, 1.54) is 0 Å². The van der Waals surface area contributed by atoms with Crippen LogP contribution in [0.2, 0.25) is 5.02 Å². The van der Waals surface area contributed by atoms with Crippen LogP contribution >= 0.6 is 11.6 Å². The maximum Gasteiger partial charge on any atom is 0.0768 e. The third-order valence-corrected chi connectivity index (χ3v) is 2.77. The average molecular weight is 236 g/mol. The van der Waals surface area contributed by atoms with Crippen LogP contribution in [0.1, 0.15) is 5.69 Å². The molecule has 1 heterocycles. The van der Waals surface area contributed by atoms with E-state index < -0.39 is 0 Å². The molecule has 0 unspecified atom stereocenters. The van der Waals surface area contributed by atoms with Crippen LogP contribution in [0.3, 0.4) is 0 Å². The molecule has 1 N–H and O–H groups in total. The van der Waals surface area contributed by atoms with Crippen LogP contribution in [0.25, 0.3) is 11.3 Å². The number of halogens is 1. The molecule has 0 aliphatic rings. The van der Waals surface area contributed by atoms with Crippen molar-refractivity contribution in [1.82, 2.24) is 15.1 Å². The SMILES string of the molecule is CNCc1cc(-c2ccccc2Cl)n(C)n1. The van der Waals surface area contributed by atoms with Crippen LogP contribution in [0.15, 0.2) is 30.3 Å². The van der Waals surface area contributed by atoms with Crippen molar-refractivity contribution in [3.8, 4) is 11.3 Å². The van der Waals surface area contributed by atoms with E-state index in [-0.39, 0.29) is 0 Å². The van der Waals surface area contributed by atoms with Crippen molar-refractivity contribution < 1.29 is 0 Å². The first kappa shape index (κ1) is 11.2. The Bertz CT molecular complexity index is 491. The third kappa shape index (κ3) is 2.10. The Labute approximate surface area is 100 Å². The largest absolute Gasteiger partial charge is 0.314 e. The molecule has 0 saturated heterocycles. The van der Waals surface area contributed by atoms with Crippen LogP contribution in [0, 0.1) is 0 Å². The third-order valence-electron chi connectivity index (χ3n) is 2.44. The second kappa shape index (κ2) is 4.68. The fraction of sp³-hybridized carbons (Fsp3) is 0.250. The van der Waals surface area contributed by atoms with E-state index in [1.807, 2.05) is 43.0 Å². The minimum absolute atomic E-state index is 0.751. The van der Waals surface area contributed by atoms with Gasteiger partial charge in [0.05, 0.1) is 11.4 Å². The molecule has 0 spiro atoms. The average Bonchev–Trinajstić information content (AvgIpc) is 2.61. The van der Waals surface area contributed by atoms with Crippen LogP contribution in [-0.2, 0) is 13.6 Å². The molecule has 0 saturated carbocycles. The molecule has 1 aromatic carbocycles. The normalized spacial score (nSPS) is 10.7. The minimum Gasteiger partial charge on any atom is -0.314 e. The summed E-state index contributed by atoms with van der Waals surface area (Å²) in [4.78, 5) is 0. The van der Waals surface area contributed by atoms with Gasteiger partial charge >= 0.3 is 0 Å². The maximum atomic E-state index is 6.16. The molecule has 2 aromatic rings. The fourth-order valence-corrected chi connectivity index (χ4v) is 1.95. The van der Waals surface area contributed by atoms with E-state index in [0.717, 1.165) is 28.5 Å². The molecule has 4 heteroatoms. The molecule has 16 heavy (non-hydrogen) atoms. The van der Waals surface area contributed by atoms with E-state index in [0.29, 0.717) is 0 Å². The highest BCUT2D eigenvalue weighted by Crippen LogP contribution is 2.27. The van der Waals surface area contributed by atoms with Crippen molar-refractivity contribution in [3.63, 3.8) is 0 Å². The summed E-state index contributed by atoms with van der Waals surface area (Å²) in [6, 6.07) is 9.85. The lowest BCUT2D eigenvalue weighted by atomic mass is 10.1. The van der Waals surface area contributed by atoms with Gasteiger partial charge in [0.2, 0.25) is 0 Å². The van der Waals surface area contributed by atoms with Gasteiger partial charge < -0.3 is 5.32 Å². The number of hydrogen-bond acceptors (Lipinski definition) is 2. The lowest BCUT2D eigenvalue weighted by molar-refractivity contribution is 0.716. The minimum atomic E-state index is 0.751. The van der Waals surface area contributed by atoms with Gasteiger partial charge in [0, 0.05) is 24.2 Å². The predicted octanol–water partition coefficient (Wildman–Crippen LogP) is 2.46. The number of nitrogens with zero attached hydrogens (tertiary/aromatic N) is 2. The van der Waals surface area contributed by atoms with E-state index in [9.17, 15) is 0 Å². The lowest BCUT2D eigenvalue weighted by Crippen LogP contribution is -2.05. The zero-order valence-corrected chi connectivity index (χ0v) is 10.1. The highest BCUT2D eigenvalue weighted by atomic mass is 35.5. The highest BCUT2D eigenvalue weighted by Gasteiger charge is 2.09. The van der Waals surface area contributed by atoms with Crippen molar-refractivity contribution in [2.45, 2.75) is 6.54 Å². The Hall–Kier alpha value is -1.32. The fourth-order valence-electron chi connectivity index (χ4n) is 1.72. The summed E-state index contributed by atoms with van der Waals surface area (Å²) in [5.41, 5.74) is 3.07. The maximum absolute atomic E-state index is 6.16. The van der Waals surface area contributed by atoms with Gasteiger partial charge in [0.15, 0.2) is 0 Å².